The molecule has 0 aliphatic carbocycles. The van der Waals surface area contributed by atoms with E-state index in [0.29, 0.717) is 11.2 Å². The number of imidazole rings is 1. The van der Waals surface area contributed by atoms with E-state index in [2.05, 4.69) is 32.2 Å². The van der Waals surface area contributed by atoms with Crippen LogP contribution >= 0.6 is 0 Å². The number of H-pyrrole nitrogens is 2. The quantitative estimate of drug-likeness (QED) is 0.620. The van der Waals surface area contributed by atoms with Crippen LogP contribution in [0.4, 0.5) is 5.95 Å². The van der Waals surface area contributed by atoms with Crippen molar-refractivity contribution in [3.8, 4) is 0 Å². The third-order valence-electron chi connectivity index (χ3n) is 4.03. The summed E-state index contributed by atoms with van der Waals surface area (Å²) in [7, 11) is 0. The van der Waals surface area contributed by atoms with Crippen LogP contribution in [0.3, 0.4) is 0 Å². The summed E-state index contributed by atoms with van der Waals surface area (Å²) in [5, 5.41) is 3.40. The molecule has 0 spiro atoms. The summed E-state index contributed by atoms with van der Waals surface area (Å²) < 4.78 is 0. The standard InChI is InChI=1S/C12H18N6O/c1-2-12(4-3-5-14-6-12)10-15-7-8(16-10)17-11(13)18-9(7)19/h14H,2-6H2,1H3,(H4,13,15,16,17,18,19). The fourth-order valence-electron chi connectivity index (χ4n) is 2.81. The van der Waals surface area contributed by atoms with Gasteiger partial charge < -0.3 is 16.0 Å². The number of hydrogen-bond donors (Lipinski definition) is 4. The van der Waals surface area contributed by atoms with Crippen LogP contribution in [0.15, 0.2) is 4.79 Å². The zero-order chi connectivity index (χ0) is 13.5. The maximum atomic E-state index is 11.8. The molecular weight excluding hydrogens is 244 g/mol. The van der Waals surface area contributed by atoms with Crippen molar-refractivity contribution >= 4 is 17.1 Å². The molecule has 1 aliphatic heterocycles. The van der Waals surface area contributed by atoms with Gasteiger partial charge in [-0.05, 0) is 25.8 Å². The van der Waals surface area contributed by atoms with Crippen LogP contribution in [0.5, 0.6) is 0 Å². The number of nitrogen functional groups attached to an aromatic ring is 1. The maximum absolute atomic E-state index is 11.8. The summed E-state index contributed by atoms with van der Waals surface area (Å²) in [6, 6.07) is 0. The molecule has 2 aromatic heterocycles. The van der Waals surface area contributed by atoms with E-state index in [1.165, 1.54) is 0 Å². The lowest BCUT2D eigenvalue weighted by atomic mass is 9.77. The number of nitrogens with zero attached hydrogens (tertiary/aromatic N) is 2. The second-order valence-corrected chi connectivity index (χ2v) is 5.15. The molecule has 7 heteroatoms. The number of rotatable bonds is 2. The molecule has 3 rings (SSSR count). The van der Waals surface area contributed by atoms with Crippen LogP contribution in [-0.4, -0.2) is 33.0 Å². The highest BCUT2D eigenvalue weighted by atomic mass is 16.1. The predicted molar refractivity (Wildman–Crippen MR) is 73.0 cm³/mol. The molecule has 0 amide bonds. The Hall–Kier alpha value is -1.89. The van der Waals surface area contributed by atoms with Gasteiger partial charge in [0.25, 0.3) is 5.56 Å². The minimum atomic E-state index is -0.267. The van der Waals surface area contributed by atoms with E-state index in [1.54, 1.807) is 0 Å². The van der Waals surface area contributed by atoms with Crippen LogP contribution in [0.2, 0.25) is 0 Å². The topological polar surface area (TPSA) is 112 Å². The number of aromatic nitrogens is 4. The van der Waals surface area contributed by atoms with Crippen LogP contribution in [-0.2, 0) is 5.41 Å². The number of fused-ring (bicyclic) bond motifs is 1. The van der Waals surface area contributed by atoms with E-state index in [9.17, 15) is 4.79 Å². The summed E-state index contributed by atoms with van der Waals surface area (Å²) >= 11 is 0. The molecule has 2 aromatic rings. The number of hydrogen-bond acceptors (Lipinski definition) is 5. The van der Waals surface area contributed by atoms with Crippen molar-refractivity contribution < 1.29 is 0 Å². The number of piperidine rings is 1. The molecule has 7 nitrogen and oxygen atoms in total. The van der Waals surface area contributed by atoms with Crippen LogP contribution < -0.4 is 16.6 Å². The second-order valence-electron chi connectivity index (χ2n) is 5.15. The van der Waals surface area contributed by atoms with Gasteiger partial charge in [-0.1, -0.05) is 6.92 Å². The first kappa shape index (κ1) is 12.2. The first-order chi connectivity index (χ1) is 9.14. The van der Waals surface area contributed by atoms with Gasteiger partial charge in [-0.3, -0.25) is 9.78 Å². The van der Waals surface area contributed by atoms with Gasteiger partial charge in [0.05, 0.1) is 0 Å². The summed E-state index contributed by atoms with van der Waals surface area (Å²) in [4.78, 5) is 26.0. The lowest BCUT2D eigenvalue weighted by Gasteiger charge is -2.35. The lowest BCUT2D eigenvalue weighted by molar-refractivity contribution is 0.290. The first-order valence-corrected chi connectivity index (χ1v) is 6.61. The molecule has 1 unspecified atom stereocenters. The largest absolute Gasteiger partial charge is 0.369 e. The van der Waals surface area contributed by atoms with E-state index < -0.39 is 0 Å². The molecule has 1 atom stereocenters. The Morgan fingerprint density at radius 2 is 2.21 bits per heavy atom. The Kier molecular flexibility index (Phi) is 2.78. The normalized spacial score (nSPS) is 23.8. The Balaban J connectivity index is 2.14. The molecule has 1 fully saturated rings. The minimum Gasteiger partial charge on any atom is -0.369 e. The molecule has 0 aromatic carbocycles. The fourth-order valence-corrected chi connectivity index (χ4v) is 2.81. The van der Waals surface area contributed by atoms with Crippen LogP contribution in [0, 0.1) is 0 Å². The molecule has 0 bridgehead atoms. The van der Waals surface area contributed by atoms with Gasteiger partial charge in [-0.25, -0.2) is 4.98 Å². The summed E-state index contributed by atoms with van der Waals surface area (Å²) in [5.41, 5.74) is 6.04. The zero-order valence-corrected chi connectivity index (χ0v) is 10.9. The fraction of sp³-hybridized carbons (Fsp3) is 0.583. The Morgan fingerprint density at radius 3 is 2.89 bits per heavy atom. The second kappa shape index (κ2) is 4.34. The van der Waals surface area contributed by atoms with Gasteiger partial charge >= 0.3 is 0 Å². The number of nitrogens with two attached hydrogens (primary N) is 1. The van der Waals surface area contributed by atoms with Crippen molar-refractivity contribution in [2.75, 3.05) is 18.8 Å². The molecule has 1 saturated heterocycles. The van der Waals surface area contributed by atoms with E-state index >= 15 is 0 Å². The van der Waals surface area contributed by atoms with Crippen molar-refractivity contribution in [2.24, 2.45) is 0 Å². The molecule has 0 saturated carbocycles. The van der Waals surface area contributed by atoms with Gasteiger partial charge in [0.1, 0.15) is 5.82 Å². The number of anilines is 1. The van der Waals surface area contributed by atoms with Crippen molar-refractivity contribution in [2.45, 2.75) is 31.6 Å². The minimum absolute atomic E-state index is 0.0415. The molecule has 3 heterocycles. The summed E-state index contributed by atoms with van der Waals surface area (Å²) in [5.74, 6) is 0.934. The van der Waals surface area contributed by atoms with Gasteiger partial charge in [-0.2, -0.15) is 4.98 Å². The number of aromatic amines is 2. The summed E-state index contributed by atoms with van der Waals surface area (Å²) in [6.07, 6.45) is 3.13. The van der Waals surface area contributed by atoms with Crippen molar-refractivity contribution in [1.82, 2.24) is 25.3 Å². The highest BCUT2D eigenvalue weighted by Crippen LogP contribution is 2.33. The predicted octanol–water partition coefficient (Wildman–Crippen LogP) is 0.260. The van der Waals surface area contributed by atoms with E-state index in [-0.39, 0.29) is 16.9 Å². The van der Waals surface area contributed by atoms with Gasteiger partial charge in [-0.15, -0.1) is 0 Å². The SMILES string of the molecule is CCC1(c2nc3nc(N)[nH]c(=O)c3[nH]2)CCCNC1. The smallest absolute Gasteiger partial charge is 0.278 e. The van der Waals surface area contributed by atoms with Gasteiger partial charge in [0.2, 0.25) is 5.95 Å². The van der Waals surface area contributed by atoms with E-state index in [1.807, 2.05) is 0 Å². The molecule has 19 heavy (non-hydrogen) atoms. The zero-order valence-electron chi connectivity index (χ0n) is 10.9. The maximum Gasteiger partial charge on any atom is 0.278 e. The van der Waals surface area contributed by atoms with Gasteiger partial charge in [0, 0.05) is 12.0 Å². The Labute approximate surface area is 110 Å². The molecular formula is C12H18N6O. The van der Waals surface area contributed by atoms with Crippen LogP contribution in [0.25, 0.3) is 11.2 Å². The molecule has 5 N–H and O–H groups in total. The highest BCUT2D eigenvalue weighted by Gasteiger charge is 2.35. The van der Waals surface area contributed by atoms with Crippen molar-refractivity contribution in [1.29, 1.82) is 0 Å². The average molecular weight is 262 g/mol. The van der Waals surface area contributed by atoms with E-state index in [4.69, 9.17) is 5.73 Å². The van der Waals surface area contributed by atoms with Gasteiger partial charge in [0.15, 0.2) is 11.2 Å². The number of nitrogens with one attached hydrogen (secondary N) is 3. The lowest BCUT2D eigenvalue weighted by Crippen LogP contribution is -2.43. The Bertz CT molecular complexity index is 652. The summed E-state index contributed by atoms with van der Waals surface area (Å²) in [6.45, 7) is 4.05. The van der Waals surface area contributed by atoms with Crippen molar-refractivity contribution in [3.63, 3.8) is 0 Å². The molecule has 102 valence electrons. The molecule has 0 radical (unpaired) electrons. The van der Waals surface area contributed by atoms with E-state index in [0.717, 1.165) is 38.2 Å². The first-order valence-electron chi connectivity index (χ1n) is 6.61. The monoisotopic (exact) mass is 262 g/mol. The Morgan fingerprint density at radius 1 is 1.37 bits per heavy atom. The third-order valence-corrected chi connectivity index (χ3v) is 4.03. The molecule has 1 aliphatic rings. The third kappa shape index (κ3) is 1.90. The average Bonchev–Trinajstić information content (AvgIpc) is 2.84. The van der Waals surface area contributed by atoms with Crippen molar-refractivity contribution in [3.05, 3.63) is 16.2 Å². The highest BCUT2D eigenvalue weighted by molar-refractivity contribution is 5.70. The van der Waals surface area contributed by atoms with Crippen LogP contribution in [0.1, 0.15) is 32.0 Å².